The third kappa shape index (κ3) is 4.52. The van der Waals surface area contributed by atoms with Crippen molar-refractivity contribution in [2.24, 2.45) is 5.92 Å². The largest absolute Gasteiger partial charge is 0.355 e. The molecule has 3 nitrogen and oxygen atoms in total. The van der Waals surface area contributed by atoms with E-state index in [4.69, 9.17) is 0 Å². The van der Waals surface area contributed by atoms with Crippen LogP contribution in [-0.2, 0) is 4.79 Å². The first-order valence-electron chi connectivity index (χ1n) is 6.67. The van der Waals surface area contributed by atoms with Crippen LogP contribution in [0.4, 0.5) is 0 Å². The summed E-state index contributed by atoms with van der Waals surface area (Å²) in [6.45, 7) is 6.98. The molecule has 2 N–H and O–H groups in total. The quantitative estimate of drug-likeness (QED) is 0.698. The summed E-state index contributed by atoms with van der Waals surface area (Å²) in [5.74, 6) is 1.02. The van der Waals surface area contributed by atoms with Crippen molar-refractivity contribution in [2.45, 2.75) is 65.0 Å². The molecule has 0 radical (unpaired) electrons. The molecule has 0 aromatic carbocycles. The summed E-state index contributed by atoms with van der Waals surface area (Å²) in [5, 5.41) is 6.29. The van der Waals surface area contributed by atoms with Gasteiger partial charge in [-0.15, -0.1) is 0 Å². The van der Waals surface area contributed by atoms with Crippen molar-refractivity contribution in [3.8, 4) is 0 Å². The molecule has 1 aliphatic rings. The molecule has 0 aromatic rings. The molecule has 16 heavy (non-hydrogen) atoms. The zero-order valence-corrected chi connectivity index (χ0v) is 10.9. The summed E-state index contributed by atoms with van der Waals surface area (Å²) < 4.78 is 0. The van der Waals surface area contributed by atoms with E-state index >= 15 is 0 Å². The van der Waals surface area contributed by atoms with Gasteiger partial charge >= 0.3 is 0 Å². The van der Waals surface area contributed by atoms with Gasteiger partial charge in [-0.25, -0.2) is 0 Å². The second kappa shape index (κ2) is 6.89. The first kappa shape index (κ1) is 13.5. The Morgan fingerprint density at radius 3 is 2.56 bits per heavy atom. The molecule has 0 saturated heterocycles. The van der Waals surface area contributed by atoms with Gasteiger partial charge in [0.05, 0.1) is 6.04 Å². The van der Waals surface area contributed by atoms with Crippen LogP contribution >= 0.6 is 0 Å². The molecule has 1 fully saturated rings. The monoisotopic (exact) mass is 226 g/mol. The highest BCUT2D eigenvalue weighted by molar-refractivity contribution is 5.81. The van der Waals surface area contributed by atoms with Crippen LogP contribution in [0.3, 0.4) is 0 Å². The molecule has 1 rings (SSSR count). The summed E-state index contributed by atoms with van der Waals surface area (Å²) in [4.78, 5) is 11.6. The molecule has 0 aromatic heterocycles. The van der Waals surface area contributed by atoms with Crippen molar-refractivity contribution in [1.82, 2.24) is 10.6 Å². The predicted octanol–water partition coefficient (Wildman–Crippen LogP) is 2.07. The first-order chi connectivity index (χ1) is 7.63. The van der Waals surface area contributed by atoms with Gasteiger partial charge in [0.25, 0.3) is 0 Å². The lowest BCUT2D eigenvalue weighted by Gasteiger charge is -2.29. The standard InChI is InChI=1S/C13H26N2O/c1-4-8-14-13(16)11(3)15-10(2)9-12-6-5-7-12/h10-12,15H,4-9H2,1-3H3,(H,14,16). The van der Waals surface area contributed by atoms with Crippen LogP contribution in [-0.4, -0.2) is 24.5 Å². The van der Waals surface area contributed by atoms with Crippen molar-refractivity contribution in [3.63, 3.8) is 0 Å². The molecule has 94 valence electrons. The highest BCUT2D eigenvalue weighted by atomic mass is 16.2. The van der Waals surface area contributed by atoms with E-state index in [9.17, 15) is 4.79 Å². The van der Waals surface area contributed by atoms with E-state index < -0.39 is 0 Å². The first-order valence-corrected chi connectivity index (χ1v) is 6.67. The van der Waals surface area contributed by atoms with E-state index in [2.05, 4.69) is 24.5 Å². The second-order valence-corrected chi connectivity index (χ2v) is 5.11. The number of rotatable bonds is 7. The predicted molar refractivity (Wildman–Crippen MR) is 67.3 cm³/mol. The molecule has 0 bridgehead atoms. The average Bonchev–Trinajstić information content (AvgIpc) is 2.20. The fourth-order valence-corrected chi connectivity index (χ4v) is 2.20. The van der Waals surface area contributed by atoms with Gasteiger partial charge in [-0.05, 0) is 32.6 Å². The third-order valence-corrected chi connectivity index (χ3v) is 3.39. The fourth-order valence-electron chi connectivity index (χ4n) is 2.20. The molecule has 0 aliphatic heterocycles. The molecule has 0 heterocycles. The van der Waals surface area contributed by atoms with E-state index in [-0.39, 0.29) is 11.9 Å². The Labute approximate surface area is 99.4 Å². The Balaban J connectivity index is 2.15. The minimum atomic E-state index is -0.0679. The SMILES string of the molecule is CCCNC(=O)C(C)NC(C)CC1CCC1. The highest BCUT2D eigenvalue weighted by Gasteiger charge is 2.21. The molecule has 0 spiro atoms. The maximum Gasteiger partial charge on any atom is 0.236 e. The highest BCUT2D eigenvalue weighted by Crippen LogP contribution is 2.30. The van der Waals surface area contributed by atoms with Crippen molar-refractivity contribution in [3.05, 3.63) is 0 Å². The Morgan fingerprint density at radius 2 is 2.06 bits per heavy atom. The number of carbonyl (C=O) groups excluding carboxylic acids is 1. The zero-order valence-electron chi connectivity index (χ0n) is 10.9. The number of carbonyl (C=O) groups is 1. The van der Waals surface area contributed by atoms with Crippen LogP contribution in [0, 0.1) is 5.92 Å². The normalized spacial score (nSPS) is 19.9. The van der Waals surface area contributed by atoms with Gasteiger partial charge in [0, 0.05) is 12.6 Å². The van der Waals surface area contributed by atoms with Crippen LogP contribution in [0.25, 0.3) is 0 Å². The van der Waals surface area contributed by atoms with Gasteiger partial charge in [0.15, 0.2) is 0 Å². The van der Waals surface area contributed by atoms with Crippen LogP contribution < -0.4 is 10.6 Å². The summed E-state index contributed by atoms with van der Waals surface area (Å²) in [7, 11) is 0. The maximum absolute atomic E-state index is 11.6. The molecule has 3 heteroatoms. The smallest absolute Gasteiger partial charge is 0.236 e. The van der Waals surface area contributed by atoms with Crippen LogP contribution in [0.1, 0.15) is 52.9 Å². The summed E-state index contributed by atoms with van der Waals surface area (Å²) >= 11 is 0. The number of nitrogens with one attached hydrogen (secondary N) is 2. The van der Waals surface area contributed by atoms with Crippen molar-refractivity contribution >= 4 is 5.91 Å². The van der Waals surface area contributed by atoms with E-state index in [1.165, 1.54) is 25.7 Å². The van der Waals surface area contributed by atoms with Crippen molar-refractivity contribution < 1.29 is 4.79 Å². The molecule has 1 amide bonds. The molecular formula is C13H26N2O. The van der Waals surface area contributed by atoms with Gasteiger partial charge in [0.2, 0.25) is 5.91 Å². The Kier molecular flexibility index (Phi) is 5.81. The second-order valence-electron chi connectivity index (χ2n) is 5.11. The summed E-state index contributed by atoms with van der Waals surface area (Å²) in [5.41, 5.74) is 0. The fraction of sp³-hybridized carbons (Fsp3) is 0.923. The van der Waals surface area contributed by atoms with Gasteiger partial charge in [-0.2, -0.15) is 0 Å². The van der Waals surface area contributed by atoms with Gasteiger partial charge in [0.1, 0.15) is 0 Å². The lowest BCUT2D eigenvalue weighted by atomic mass is 9.81. The molecule has 1 aliphatic carbocycles. The van der Waals surface area contributed by atoms with E-state index in [1.54, 1.807) is 0 Å². The van der Waals surface area contributed by atoms with Crippen LogP contribution in [0.2, 0.25) is 0 Å². The topological polar surface area (TPSA) is 41.1 Å². The number of hydrogen-bond acceptors (Lipinski definition) is 2. The molecule has 1 saturated carbocycles. The molecule has 2 unspecified atom stereocenters. The zero-order chi connectivity index (χ0) is 12.0. The Bertz CT molecular complexity index is 214. The molecular weight excluding hydrogens is 200 g/mol. The number of hydrogen-bond donors (Lipinski definition) is 2. The van der Waals surface area contributed by atoms with E-state index in [1.807, 2.05) is 6.92 Å². The lowest BCUT2D eigenvalue weighted by molar-refractivity contribution is -0.122. The Morgan fingerprint density at radius 1 is 1.38 bits per heavy atom. The van der Waals surface area contributed by atoms with Crippen molar-refractivity contribution in [1.29, 1.82) is 0 Å². The van der Waals surface area contributed by atoms with Gasteiger partial charge in [-0.3, -0.25) is 4.79 Å². The van der Waals surface area contributed by atoms with E-state index in [0.717, 1.165) is 18.9 Å². The van der Waals surface area contributed by atoms with E-state index in [0.29, 0.717) is 6.04 Å². The Hall–Kier alpha value is -0.570. The minimum Gasteiger partial charge on any atom is -0.355 e. The third-order valence-electron chi connectivity index (χ3n) is 3.39. The average molecular weight is 226 g/mol. The van der Waals surface area contributed by atoms with Crippen molar-refractivity contribution in [2.75, 3.05) is 6.54 Å². The van der Waals surface area contributed by atoms with Crippen LogP contribution in [0.5, 0.6) is 0 Å². The van der Waals surface area contributed by atoms with Gasteiger partial charge < -0.3 is 10.6 Å². The summed E-state index contributed by atoms with van der Waals surface area (Å²) in [6, 6.07) is 0.384. The lowest BCUT2D eigenvalue weighted by Crippen LogP contribution is -2.46. The minimum absolute atomic E-state index is 0.0679. The number of amides is 1. The maximum atomic E-state index is 11.6. The van der Waals surface area contributed by atoms with Crippen LogP contribution in [0.15, 0.2) is 0 Å². The van der Waals surface area contributed by atoms with Gasteiger partial charge in [-0.1, -0.05) is 26.2 Å². The molecule has 2 atom stereocenters. The summed E-state index contributed by atoms with van der Waals surface area (Å²) in [6.07, 6.45) is 6.36.